The zero-order chi connectivity index (χ0) is 16.8. The number of alkyl carbamates (subject to hydrolysis) is 1. The standard InChI is InChI=1S/C16H30BNO4/c1-14(2,3)20-13(19)18-12-9-8-11(10-12)17-21-15(4,5)16(6,7)22-17/h11-12H,8-10H2,1-7H3,(H,18,19). The number of hydrogen-bond donors (Lipinski definition) is 1. The molecule has 2 aliphatic rings. The van der Waals surface area contributed by atoms with Crippen molar-refractivity contribution < 1.29 is 18.8 Å². The van der Waals surface area contributed by atoms with Crippen molar-refractivity contribution in [1.29, 1.82) is 0 Å². The summed E-state index contributed by atoms with van der Waals surface area (Å²) in [6.07, 6.45) is 2.47. The van der Waals surface area contributed by atoms with Gasteiger partial charge in [-0.2, -0.15) is 0 Å². The molecule has 1 saturated heterocycles. The van der Waals surface area contributed by atoms with E-state index in [0.29, 0.717) is 5.82 Å². The molecule has 0 spiro atoms. The third kappa shape index (κ3) is 3.96. The maximum atomic E-state index is 11.9. The van der Waals surface area contributed by atoms with Gasteiger partial charge in [-0.3, -0.25) is 0 Å². The average molecular weight is 311 g/mol. The minimum Gasteiger partial charge on any atom is -0.444 e. The summed E-state index contributed by atoms with van der Waals surface area (Å²) >= 11 is 0. The zero-order valence-electron chi connectivity index (χ0n) is 15.0. The SMILES string of the molecule is CC(C)(C)OC(=O)NC1CCC(B2OC(C)(C)C(C)(C)O2)C1. The van der Waals surface area contributed by atoms with Gasteiger partial charge in [0.05, 0.1) is 11.2 Å². The molecule has 0 aromatic carbocycles. The number of rotatable bonds is 2. The molecule has 22 heavy (non-hydrogen) atoms. The van der Waals surface area contributed by atoms with Gasteiger partial charge in [0.1, 0.15) is 5.60 Å². The van der Waals surface area contributed by atoms with E-state index in [9.17, 15) is 4.79 Å². The Labute approximate surface area is 134 Å². The summed E-state index contributed by atoms with van der Waals surface area (Å²) in [5.41, 5.74) is -1.06. The Kier molecular flexibility index (Phi) is 4.57. The summed E-state index contributed by atoms with van der Waals surface area (Å²) in [6.45, 7) is 13.9. The molecular weight excluding hydrogens is 281 g/mol. The lowest BCUT2D eigenvalue weighted by Gasteiger charge is -2.32. The summed E-state index contributed by atoms with van der Waals surface area (Å²) < 4.78 is 17.5. The molecule has 5 nitrogen and oxygen atoms in total. The predicted molar refractivity (Wildman–Crippen MR) is 86.8 cm³/mol. The molecule has 1 heterocycles. The lowest BCUT2D eigenvalue weighted by atomic mass is 9.70. The maximum absolute atomic E-state index is 11.9. The Morgan fingerprint density at radius 2 is 1.68 bits per heavy atom. The fourth-order valence-electron chi connectivity index (χ4n) is 2.95. The van der Waals surface area contributed by atoms with Crippen molar-refractivity contribution in [2.24, 2.45) is 0 Å². The highest BCUT2D eigenvalue weighted by Crippen LogP contribution is 2.44. The molecule has 0 bridgehead atoms. The molecule has 2 fully saturated rings. The van der Waals surface area contributed by atoms with Crippen LogP contribution >= 0.6 is 0 Å². The van der Waals surface area contributed by atoms with Crippen LogP contribution in [0, 0.1) is 0 Å². The Morgan fingerprint density at radius 3 is 2.18 bits per heavy atom. The number of nitrogens with one attached hydrogen (secondary N) is 1. The second kappa shape index (κ2) is 5.71. The first-order valence-corrected chi connectivity index (χ1v) is 8.25. The molecule has 126 valence electrons. The molecular formula is C16H30BNO4. The molecule has 0 aromatic heterocycles. The van der Waals surface area contributed by atoms with Crippen LogP contribution in [0.15, 0.2) is 0 Å². The van der Waals surface area contributed by atoms with E-state index in [-0.39, 0.29) is 30.5 Å². The third-order valence-electron chi connectivity index (χ3n) is 4.85. The van der Waals surface area contributed by atoms with Crippen LogP contribution in [0.25, 0.3) is 0 Å². The molecule has 0 radical (unpaired) electrons. The molecule has 1 aliphatic carbocycles. The van der Waals surface area contributed by atoms with E-state index in [2.05, 4.69) is 33.0 Å². The van der Waals surface area contributed by atoms with E-state index < -0.39 is 5.60 Å². The molecule has 2 unspecified atom stereocenters. The van der Waals surface area contributed by atoms with Crippen molar-refractivity contribution in [1.82, 2.24) is 5.32 Å². The van der Waals surface area contributed by atoms with Gasteiger partial charge in [-0.15, -0.1) is 0 Å². The van der Waals surface area contributed by atoms with Gasteiger partial charge in [0.2, 0.25) is 0 Å². The van der Waals surface area contributed by atoms with Gasteiger partial charge in [0.25, 0.3) is 0 Å². The fraction of sp³-hybridized carbons (Fsp3) is 0.938. The maximum Gasteiger partial charge on any atom is 0.461 e. The number of hydrogen-bond acceptors (Lipinski definition) is 4. The van der Waals surface area contributed by atoms with E-state index in [1.807, 2.05) is 20.8 Å². The Hall–Kier alpha value is -0.745. The number of amides is 1. The average Bonchev–Trinajstić information content (AvgIpc) is 2.79. The Morgan fingerprint density at radius 1 is 1.14 bits per heavy atom. The highest BCUT2D eigenvalue weighted by Gasteiger charge is 2.54. The molecule has 1 saturated carbocycles. The first kappa shape index (κ1) is 17.6. The van der Waals surface area contributed by atoms with E-state index in [0.717, 1.165) is 19.3 Å². The van der Waals surface area contributed by atoms with Crippen LogP contribution in [0.1, 0.15) is 67.7 Å². The zero-order valence-corrected chi connectivity index (χ0v) is 15.0. The van der Waals surface area contributed by atoms with Crippen LogP contribution in [-0.2, 0) is 14.0 Å². The van der Waals surface area contributed by atoms with Gasteiger partial charge in [0.15, 0.2) is 0 Å². The van der Waals surface area contributed by atoms with Crippen LogP contribution in [0.5, 0.6) is 0 Å². The van der Waals surface area contributed by atoms with Crippen molar-refractivity contribution in [2.75, 3.05) is 0 Å². The fourth-order valence-corrected chi connectivity index (χ4v) is 2.95. The minimum atomic E-state index is -0.464. The van der Waals surface area contributed by atoms with Crippen molar-refractivity contribution in [3.63, 3.8) is 0 Å². The molecule has 2 rings (SSSR count). The van der Waals surface area contributed by atoms with Crippen LogP contribution in [-0.4, -0.2) is 36.1 Å². The van der Waals surface area contributed by atoms with Crippen LogP contribution < -0.4 is 5.32 Å². The first-order chi connectivity index (χ1) is 9.90. The topological polar surface area (TPSA) is 56.8 Å². The first-order valence-electron chi connectivity index (χ1n) is 8.25. The molecule has 2 atom stereocenters. The van der Waals surface area contributed by atoms with Gasteiger partial charge in [-0.1, -0.05) is 0 Å². The Balaban J connectivity index is 1.85. The van der Waals surface area contributed by atoms with Crippen molar-refractivity contribution in [3.05, 3.63) is 0 Å². The van der Waals surface area contributed by atoms with Gasteiger partial charge < -0.3 is 19.4 Å². The molecule has 1 N–H and O–H groups in total. The van der Waals surface area contributed by atoms with Gasteiger partial charge in [-0.05, 0) is 73.5 Å². The molecule has 0 aromatic rings. The largest absolute Gasteiger partial charge is 0.461 e. The summed E-state index contributed by atoms with van der Waals surface area (Å²) in [5, 5.41) is 2.96. The second-order valence-electron chi connectivity index (χ2n) is 8.54. The monoisotopic (exact) mass is 311 g/mol. The van der Waals surface area contributed by atoms with Gasteiger partial charge in [-0.25, -0.2) is 4.79 Å². The molecule has 1 amide bonds. The van der Waals surface area contributed by atoms with E-state index in [1.54, 1.807) is 0 Å². The summed E-state index contributed by atoms with van der Waals surface area (Å²) in [7, 11) is -0.185. The van der Waals surface area contributed by atoms with Crippen LogP contribution in [0.2, 0.25) is 5.82 Å². The minimum absolute atomic E-state index is 0.138. The second-order valence-corrected chi connectivity index (χ2v) is 8.54. The third-order valence-corrected chi connectivity index (χ3v) is 4.85. The van der Waals surface area contributed by atoms with Crippen molar-refractivity contribution >= 4 is 13.2 Å². The number of ether oxygens (including phenoxy) is 1. The summed E-state index contributed by atoms with van der Waals surface area (Å²) in [4.78, 5) is 11.9. The van der Waals surface area contributed by atoms with E-state index in [4.69, 9.17) is 14.0 Å². The highest BCUT2D eigenvalue weighted by atomic mass is 16.7. The van der Waals surface area contributed by atoms with Gasteiger partial charge >= 0.3 is 13.2 Å². The molecule has 6 heteroatoms. The van der Waals surface area contributed by atoms with Crippen molar-refractivity contribution in [2.45, 2.75) is 96.4 Å². The van der Waals surface area contributed by atoms with Crippen molar-refractivity contribution in [3.8, 4) is 0 Å². The van der Waals surface area contributed by atoms with Gasteiger partial charge in [0, 0.05) is 6.04 Å². The predicted octanol–water partition coefficient (Wildman–Crippen LogP) is 3.53. The van der Waals surface area contributed by atoms with Crippen LogP contribution in [0.4, 0.5) is 4.79 Å². The quantitative estimate of drug-likeness (QED) is 0.793. The highest BCUT2D eigenvalue weighted by molar-refractivity contribution is 6.47. The summed E-state index contributed by atoms with van der Waals surface area (Å²) in [6, 6.07) is 0.138. The lowest BCUT2D eigenvalue weighted by Crippen LogP contribution is -2.41. The summed E-state index contributed by atoms with van der Waals surface area (Å²) in [5.74, 6) is 0.320. The normalized spacial score (nSPS) is 30.4. The number of carbonyl (C=O) groups excluding carboxylic acids is 1. The van der Waals surface area contributed by atoms with E-state index >= 15 is 0 Å². The Bertz CT molecular complexity index is 414. The smallest absolute Gasteiger partial charge is 0.444 e. The lowest BCUT2D eigenvalue weighted by molar-refractivity contribution is 0.00578. The number of carbonyl (C=O) groups is 1. The van der Waals surface area contributed by atoms with E-state index in [1.165, 1.54) is 0 Å². The molecule has 1 aliphatic heterocycles. The van der Waals surface area contributed by atoms with Crippen LogP contribution in [0.3, 0.4) is 0 Å².